The Bertz CT molecular complexity index is 364. The van der Waals surface area contributed by atoms with Gasteiger partial charge in [-0.25, -0.2) is 0 Å². The predicted molar refractivity (Wildman–Crippen MR) is 79.9 cm³/mol. The first kappa shape index (κ1) is 15.2. The van der Waals surface area contributed by atoms with E-state index in [2.05, 4.69) is 38.6 Å². The number of hydrogen-bond acceptors (Lipinski definition) is 2. The molecule has 2 nitrogen and oxygen atoms in total. The van der Waals surface area contributed by atoms with Crippen molar-refractivity contribution in [2.45, 2.75) is 32.4 Å². The van der Waals surface area contributed by atoms with Crippen molar-refractivity contribution in [3.05, 3.63) is 42.0 Å². The Morgan fingerprint density at radius 1 is 1.22 bits per heavy atom. The average Bonchev–Trinajstić information content (AvgIpc) is 2.44. The second-order valence-corrected chi connectivity index (χ2v) is 8.26. The second kappa shape index (κ2) is 7.51. The fourth-order valence-electron chi connectivity index (χ4n) is 2.11. The molecule has 18 heavy (non-hydrogen) atoms. The first-order chi connectivity index (χ1) is 8.71. The Kier molecular flexibility index (Phi) is 6.33. The van der Waals surface area contributed by atoms with Crippen molar-refractivity contribution >= 4 is 14.6 Å². The minimum absolute atomic E-state index is 0.729. The first-order valence-corrected chi connectivity index (χ1v) is 8.84. The minimum atomic E-state index is -1.92. The van der Waals surface area contributed by atoms with Crippen LogP contribution in [0.5, 0.6) is 0 Å². The Morgan fingerprint density at radius 3 is 2.44 bits per heavy atom. The van der Waals surface area contributed by atoms with E-state index in [-0.39, 0.29) is 0 Å². The van der Waals surface area contributed by atoms with Crippen molar-refractivity contribution in [1.82, 2.24) is 0 Å². The van der Waals surface area contributed by atoms with Gasteiger partial charge in [0.05, 0.1) is 0 Å². The molecule has 0 heterocycles. The topological polar surface area (TPSA) is 18.5 Å². The van der Waals surface area contributed by atoms with Crippen LogP contribution in [0.1, 0.15) is 25.0 Å². The zero-order chi connectivity index (χ0) is 13.4. The maximum atomic E-state index is 6.06. The van der Waals surface area contributed by atoms with Crippen LogP contribution in [0.2, 0.25) is 12.1 Å². The molecule has 0 fully saturated rings. The second-order valence-electron chi connectivity index (χ2n) is 4.32. The standard InChI is InChI=1S/C15H24O2Si/c1-5-14-10-8-9-11-15(14)12-13-17-18(6-2,7-3)16-4/h5,8-11H,1,6-7,12-13H2,2-4H3. The molecule has 1 aromatic carbocycles. The summed E-state index contributed by atoms with van der Waals surface area (Å²) in [7, 11) is -0.150. The number of hydrogen-bond donors (Lipinski definition) is 0. The highest BCUT2D eigenvalue weighted by Crippen LogP contribution is 2.18. The maximum Gasteiger partial charge on any atom is 0.337 e. The summed E-state index contributed by atoms with van der Waals surface area (Å²) in [5, 5.41) is 0. The van der Waals surface area contributed by atoms with Gasteiger partial charge in [0.2, 0.25) is 0 Å². The lowest BCUT2D eigenvalue weighted by Gasteiger charge is -2.26. The first-order valence-electron chi connectivity index (χ1n) is 6.60. The van der Waals surface area contributed by atoms with Crippen molar-refractivity contribution in [2.75, 3.05) is 13.7 Å². The smallest absolute Gasteiger partial charge is 0.337 e. The molecule has 0 amide bonds. The van der Waals surface area contributed by atoms with Crippen LogP contribution in [0, 0.1) is 0 Å². The predicted octanol–water partition coefficient (Wildman–Crippen LogP) is 4.02. The fraction of sp³-hybridized carbons (Fsp3) is 0.467. The summed E-state index contributed by atoms with van der Waals surface area (Å²) in [6.45, 7) is 8.87. The van der Waals surface area contributed by atoms with Crippen molar-refractivity contribution in [1.29, 1.82) is 0 Å². The van der Waals surface area contributed by atoms with Crippen LogP contribution in [-0.2, 0) is 15.3 Å². The van der Waals surface area contributed by atoms with Gasteiger partial charge in [-0.2, -0.15) is 0 Å². The molecule has 0 unspecified atom stereocenters. The molecule has 0 bridgehead atoms. The zero-order valence-corrected chi connectivity index (χ0v) is 12.7. The number of benzene rings is 1. The molecule has 0 saturated carbocycles. The molecule has 0 aliphatic rings. The lowest BCUT2D eigenvalue weighted by Crippen LogP contribution is -2.40. The average molecular weight is 264 g/mol. The van der Waals surface area contributed by atoms with Crippen LogP contribution in [0.15, 0.2) is 30.8 Å². The van der Waals surface area contributed by atoms with Crippen LogP contribution in [0.4, 0.5) is 0 Å². The van der Waals surface area contributed by atoms with Gasteiger partial charge in [-0.05, 0) is 29.6 Å². The molecule has 0 atom stereocenters. The molecule has 0 radical (unpaired) electrons. The fourth-order valence-corrected chi connectivity index (χ4v) is 4.19. The van der Waals surface area contributed by atoms with Crippen molar-refractivity contribution < 1.29 is 8.85 Å². The molecule has 0 spiro atoms. The highest BCUT2D eigenvalue weighted by atomic mass is 28.4. The van der Waals surface area contributed by atoms with E-state index in [1.54, 1.807) is 7.11 Å². The molecule has 0 aliphatic heterocycles. The van der Waals surface area contributed by atoms with E-state index in [1.807, 2.05) is 12.1 Å². The third-order valence-corrected chi connectivity index (χ3v) is 7.09. The van der Waals surface area contributed by atoms with E-state index in [1.165, 1.54) is 11.1 Å². The van der Waals surface area contributed by atoms with Gasteiger partial charge >= 0.3 is 8.56 Å². The largest absolute Gasteiger partial charge is 0.398 e. The summed E-state index contributed by atoms with van der Waals surface area (Å²) in [5.74, 6) is 0. The van der Waals surface area contributed by atoms with Gasteiger partial charge in [-0.3, -0.25) is 0 Å². The van der Waals surface area contributed by atoms with Gasteiger partial charge in [0.15, 0.2) is 0 Å². The summed E-state index contributed by atoms with van der Waals surface area (Å²) in [6, 6.07) is 10.3. The van der Waals surface area contributed by atoms with Gasteiger partial charge < -0.3 is 8.85 Å². The highest BCUT2D eigenvalue weighted by Gasteiger charge is 2.31. The van der Waals surface area contributed by atoms with E-state index in [0.717, 1.165) is 25.1 Å². The Hall–Kier alpha value is -0.903. The normalized spacial score (nSPS) is 11.5. The van der Waals surface area contributed by atoms with Gasteiger partial charge in [0, 0.05) is 13.7 Å². The molecular formula is C15H24O2Si. The third-order valence-electron chi connectivity index (χ3n) is 3.46. The molecule has 0 aliphatic carbocycles. The van der Waals surface area contributed by atoms with Gasteiger partial charge in [0.25, 0.3) is 0 Å². The Morgan fingerprint density at radius 2 is 1.89 bits per heavy atom. The summed E-state index contributed by atoms with van der Waals surface area (Å²) in [6.07, 6.45) is 2.82. The van der Waals surface area contributed by atoms with E-state index in [0.29, 0.717) is 0 Å². The summed E-state index contributed by atoms with van der Waals surface area (Å²) in [5.41, 5.74) is 2.48. The van der Waals surface area contributed by atoms with E-state index in [4.69, 9.17) is 8.85 Å². The molecular weight excluding hydrogens is 240 g/mol. The van der Waals surface area contributed by atoms with Crippen LogP contribution in [0.25, 0.3) is 6.08 Å². The van der Waals surface area contributed by atoms with E-state index in [9.17, 15) is 0 Å². The Balaban J connectivity index is 2.58. The quantitative estimate of drug-likeness (QED) is 0.660. The molecule has 0 aromatic heterocycles. The SMILES string of the molecule is C=Cc1ccccc1CCO[Si](CC)(CC)OC. The molecule has 1 rings (SSSR count). The minimum Gasteiger partial charge on any atom is -0.398 e. The monoisotopic (exact) mass is 264 g/mol. The molecule has 0 saturated heterocycles. The van der Waals surface area contributed by atoms with Crippen LogP contribution < -0.4 is 0 Å². The van der Waals surface area contributed by atoms with Crippen LogP contribution >= 0.6 is 0 Å². The van der Waals surface area contributed by atoms with Crippen molar-refractivity contribution in [3.8, 4) is 0 Å². The molecule has 0 N–H and O–H groups in total. The summed E-state index contributed by atoms with van der Waals surface area (Å²) >= 11 is 0. The Labute approximate surface area is 112 Å². The van der Waals surface area contributed by atoms with Crippen molar-refractivity contribution in [2.24, 2.45) is 0 Å². The lowest BCUT2D eigenvalue weighted by atomic mass is 10.1. The highest BCUT2D eigenvalue weighted by molar-refractivity contribution is 6.67. The maximum absolute atomic E-state index is 6.06. The van der Waals surface area contributed by atoms with Gasteiger partial charge in [-0.1, -0.05) is 50.8 Å². The van der Waals surface area contributed by atoms with E-state index >= 15 is 0 Å². The van der Waals surface area contributed by atoms with Crippen LogP contribution in [0.3, 0.4) is 0 Å². The van der Waals surface area contributed by atoms with Gasteiger partial charge in [0.1, 0.15) is 0 Å². The third kappa shape index (κ3) is 3.80. The lowest BCUT2D eigenvalue weighted by molar-refractivity contribution is 0.202. The molecule has 1 aromatic rings. The van der Waals surface area contributed by atoms with E-state index < -0.39 is 8.56 Å². The van der Waals surface area contributed by atoms with Gasteiger partial charge in [-0.15, -0.1) is 0 Å². The van der Waals surface area contributed by atoms with Crippen LogP contribution in [-0.4, -0.2) is 22.3 Å². The molecule has 3 heteroatoms. The summed E-state index contributed by atoms with van der Waals surface area (Å²) in [4.78, 5) is 0. The summed E-state index contributed by atoms with van der Waals surface area (Å²) < 4.78 is 11.7. The number of rotatable bonds is 8. The zero-order valence-electron chi connectivity index (χ0n) is 11.7. The molecule has 100 valence electrons. The van der Waals surface area contributed by atoms with Crippen molar-refractivity contribution in [3.63, 3.8) is 0 Å².